The Balaban J connectivity index is 1.56. The fourth-order valence-electron chi connectivity index (χ4n) is 2.92. The zero-order valence-electron chi connectivity index (χ0n) is 17.9. The summed E-state index contributed by atoms with van der Waals surface area (Å²) >= 11 is 1.35. The molecule has 2 N–H and O–H groups in total. The molecule has 31 heavy (non-hydrogen) atoms. The number of nitrogens with one attached hydrogen (secondary N) is 2. The predicted molar refractivity (Wildman–Crippen MR) is 121 cm³/mol. The van der Waals surface area contributed by atoms with Crippen LogP contribution < -0.4 is 29.6 Å². The van der Waals surface area contributed by atoms with Crippen LogP contribution in [0.2, 0.25) is 0 Å². The number of carbonyl (C=O) groups is 1. The summed E-state index contributed by atoms with van der Waals surface area (Å²) in [7, 11) is 6.36. The van der Waals surface area contributed by atoms with E-state index < -0.39 is 0 Å². The standard InChI is InChI=1S/C22H25N3O5S/c1-27-17-7-5-14(11-19(17)29-3)9-10-23-21(26)16-13-31-22(25-16)24-15-6-8-18(28-2)20(12-15)30-4/h5-8,11-13H,9-10H2,1-4H3,(H,23,26)(H,24,25). The molecule has 164 valence electrons. The summed E-state index contributed by atoms with van der Waals surface area (Å²) in [6, 6.07) is 11.2. The number of nitrogens with zero attached hydrogens (tertiary/aromatic N) is 1. The molecule has 9 heteroatoms. The highest BCUT2D eigenvalue weighted by Crippen LogP contribution is 2.32. The molecule has 0 unspecified atom stereocenters. The minimum absolute atomic E-state index is 0.225. The highest BCUT2D eigenvalue weighted by molar-refractivity contribution is 7.14. The first-order valence-electron chi connectivity index (χ1n) is 9.51. The Morgan fingerprint density at radius 2 is 1.55 bits per heavy atom. The van der Waals surface area contributed by atoms with Crippen LogP contribution in [-0.4, -0.2) is 45.9 Å². The van der Waals surface area contributed by atoms with E-state index in [1.54, 1.807) is 39.9 Å². The van der Waals surface area contributed by atoms with Crippen molar-refractivity contribution in [3.63, 3.8) is 0 Å². The monoisotopic (exact) mass is 443 g/mol. The van der Waals surface area contributed by atoms with E-state index in [-0.39, 0.29) is 5.91 Å². The normalized spacial score (nSPS) is 10.3. The molecular weight excluding hydrogens is 418 g/mol. The molecule has 1 amide bonds. The third kappa shape index (κ3) is 5.58. The minimum Gasteiger partial charge on any atom is -0.493 e. The Hall–Kier alpha value is -3.46. The molecule has 3 aromatic rings. The molecule has 0 fully saturated rings. The molecule has 0 spiro atoms. The predicted octanol–water partition coefficient (Wildman–Crippen LogP) is 3.89. The summed E-state index contributed by atoms with van der Waals surface area (Å²) in [6.07, 6.45) is 0.660. The number of rotatable bonds is 10. The molecule has 0 saturated carbocycles. The first kappa shape index (κ1) is 22.2. The van der Waals surface area contributed by atoms with E-state index in [1.807, 2.05) is 30.3 Å². The molecule has 1 aromatic heterocycles. The molecule has 0 aliphatic carbocycles. The maximum absolute atomic E-state index is 12.4. The van der Waals surface area contributed by atoms with Crippen LogP contribution in [0, 0.1) is 0 Å². The minimum atomic E-state index is -0.225. The summed E-state index contributed by atoms with van der Waals surface area (Å²) in [5.74, 6) is 2.36. The number of aromatic nitrogens is 1. The van der Waals surface area contributed by atoms with Gasteiger partial charge in [-0.3, -0.25) is 4.79 Å². The van der Waals surface area contributed by atoms with Crippen LogP contribution in [0.25, 0.3) is 0 Å². The van der Waals surface area contributed by atoms with Crippen molar-refractivity contribution in [1.29, 1.82) is 0 Å². The van der Waals surface area contributed by atoms with Crippen molar-refractivity contribution in [3.8, 4) is 23.0 Å². The summed E-state index contributed by atoms with van der Waals surface area (Å²) < 4.78 is 21.1. The third-order valence-electron chi connectivity index (χ3n) is 4.52. The second-order valence-corrected chi connectivity index (χ2v) is 7.29. The van der Waals surface area contributed by atoms with Gasteiger partial charge in [0.1, 0.15) is 5.69 Å². The smallest absolute Gasteiger partial charge is 0.270 e. The fourth-order valence-corrected chi connectivity index (χ4v) is 3.63. The van der Waals surface area contributed by atoms with E-state index >= 15 is 0 Å². The van der Waals surface area contributed by atoms with Crippen molar-refractivity contribution in [1.82, 2.24) is 10.3 Å². The lowest BCUT2D eigenvalue weighted by Crippen LogP contribution is -2.26. The number of thiazole rings is 1. The van der Waals surface area contributed by atoms with E-state index in [0.29, 0.717) is 46.8 Å². The van der Waals surface area contributed by atoms with Crippen molar-refractivity contribution in [3.05, 3.63) is 53.0 Å². The number of amides is 1. The first-order valence-corrected chi connectivity index (χ1v) is 10.4. The molecule has 2 aromatic carbocycles. The lowest BCUT2D eigenvalue weighted by molar-refractivity contribution is 0.0950. The lowest BCUT2D eigenvalue weighted by atomic mass is 10.1. The van der Waals surface area contributed by atoms with E-state index in [4.69, 9.17) is 18.9 Å². The van der Waals surface area contributed by atoms with Gasteiger partial charge in [0.25, 0.3) is 5.91 Å². The van der Waals surface area contributed by atoms with Crippen LogP contribution in [0.1, 0.15) is 16.1 Å². The highest BCUT2D eigenvalue weighted by Gasteiger charge is 2.12. The maximum atomic E-state index is 12.4. The maximum Gasteiger partial charge on any atom is 0.270 e. The molecule has 0 aliphatic rings. The second kappa shape index (κ2) is 10.5. The van der Waals surface area contributed by atoms with Crippen LogP contribution in [0.15, 0.2) is 41.8 Å². The number of carbonyl (C=O) groups excluding carboxylic acids is 1. The van der Waals surface area contributed by atoms with E-state index in [1.165, 1.54) is 11.3 Å². The summed E-state index contributed by atoms with van der Waals surface area (Å²) in [4.78, 5) is 16.8. The van der Waals surface area contributed by atoms with Gasteiger partial charge in [0.05, 0.1) is 28.4 Å². The van der Waals surface area contributed by atoms with Crippen molar-refractivity contribution in [2.24, 2.45) is 0 Å². The first-order chi connectivity index (χ1) is 15.1. The molecule has 0 radical (unpaired) electrons. The van der Waals surface area contributed by atoms with Gasteiger partial charge in [0, 0.05) is 23.7 Å². The topological polar surface area (TPSA) is 90.9 Å². The summed E-state index contributed by atoms with van der Waals surface area (Å²) in [5.41, 5.74) is 2.18. The van der Waals surface area contributed by atoms with E-state index in [9.17, 15) is 4.79 Å². The Labute approximate surface area is 185 Å². The molecule has 3 rings (SSSR count). The Morgan fingerprint density at radius 1 is 0.903 bits per heavy atom. The largest absolute Gasteiger partial charge is 0.493 e. The third-order valence-corrected chi connectivity index (χ3v) is 5.28. The number of hydrogen-bond donors (Lipinski definition) is 2. The number of anilines is 2. The van der Waals surface area contributed by atoms with E-state index in [0.717, 1.165) is 11.3 Å². The number of hydrogen-bond acceptors (Lipinski definition) is 8. The molecule has 0 saturated heterocycles. The molecule has 1 heterocycles. The van der Waals surface area contributed by atoms with Gasteiger partial charge in [-0.25, -0.2) is 4.98 Å². The average Bonchev–Trinajstić information content (AvgIpc) is 3.27. The lowest BCUT2D eigenvalue weighted by Gasteiger charge is -2.10. The van der Waals surface area contributed by atoms with Crippen LogP contribution in [0.4, 0.5) is 10.8 Å². The zero-order valence-corrected chi connectivity index (χ0v) is 18.7. The quantitative estimate of drug-likeness (QED) is 0.491. The molecule has 0 atom stereocenters. The van der Waals surface area contributed by atoms with Gasteiger partial charge >= 0.3 is 0 Å². The van der Waals surface area contributed by atoms with Gasteiger partial charge in [-0.05, 0) is 36.2 Å². The number of ether oxygens (including phenoxy) is 4. The second-order valence-electron chi connectivity index (χ2n) is 6.43. The number of benzene rings is 2. The Bertz CT molecular complexity index is 1040. The van der Waals surface area contributed by atoms with Crippen LogP contribution in [0.5, 0.6) is 23.0 Å². The highest BCUT2D eigenvalue weighted by atomic mass is 32.1. The van der Waals surface area contributed by atoms with Gasteiger partial charge in [-0.15, -0.1) is 11.3 Å². The summed E-state index contributed by atoms with van der Waals surface area (Å²) in [6.45, 7) is 0.476. The van der Waals surface area contributed by atoms with Gasteiger partial charge in [-0.2, -0.15) is 0 Å². The molecule has 0 bridgehead atoms. The van der Waals surface area contributed by atoms with Gasteiger partial charge in [-0.1, -0.05) is 6.07 Å². The SMILES string of the molecule is COc1ccc(CCNC(=O)c2csc(Nc3ccc(OC)c(OC)c3)n2)cc1OC. The van der Waals surface area contributed by atoms with Crippen LogP contribution in [-0.2, 0) is 6.42 Å². The van der Waals surface area contributed by atoms with Crippen molar-refractivity contribution in [2.75, 3.05) is 40.3 Å². The molecule has 0 aliphatic heterocycles. The van der Waals surface area contributed by atoms with Gasteiger partial charge in [0.15, 0.2) is 28.1 Å². The summed E-state index contributed by atoms with van der Waals surface area (Å²) in [5, 5.41) is 8.40. The van der Waals surface area contributed by atoms with E-state index in [2.05, 4.69) is 15.6 Å². The van der Waals surface area contributed by atoms with Crippen LogP contribution >= 0.6 is 11.3 Å². The van der Waals surface area contributed by atoms with Crippen LogP contribution in [0.3, 0.4) is 0 Å². The van der Waals surface area contributed by atoms with Crippen molar-refractivity contribution >= 4 is 28.1 Å². The zero-order chi connectivity index (χ0) is 22.2. The van der Waals surface area contributed by atoms with Crippen molar-refractivity contribution < 1.29 is 23.7 Å². The van der Waals surface area contributed by atoms with Gasteiger partial charge in [0.2, 0.25) is 0 Å². The molecule has 8 nitrogen and oxygen atoms in total. The number of methoxy groups -OCH3 is 4. The average molecular weight is 444 g/mol. The van der Waals surface area contributed by atoms with Gasteiger partial charge < -0.3 is 29.6 Å². The van der Waals surface area contributed by atoms with Crippen molar-refractivity contribution in [2.45, 2.75) is 6.42 Å². The Morgan fingerprint density at radius 3 is 2.23 bits per heavy atom. The fraction of sp³-hybridized carbons (Fsp3) is 0.273. The molecular formula is C22H25N3O5S. The Kier molecular flexibility index (Phi) is 7.55.